The zero-order valence-corrected chi connectivity index (χ0v) is 20.9. The van der Waals surface area contributed by atoms with E-state index in [4.69, 9.17) is 16.6 Å². The van der Waals surface area contributed by atoms with Crippen molar-refractivity contribution in [3.8, 4) is 22.4 Å². The molecule has 0 saturated carbocycles. The van der Waals surface area contributed by atoms with Crippen LogP contribution in [-0.2, 0) is 5.41 Å². The van der Waals surface area contributed by atoms with Crippen LogP contribution < -0.4 is 0 Å². The Balaban J connectivity index is 1.65. The topological polar surface area (TPSA) is 46.1 Å². The van der Waals surface area contributed by atoms with E-state index < -0.39 is 0 Å². The molecule has 1 fully saturated rings. The molecule has 0 N–H and O–H groups in total. The first-order valence-corrected chi connectivity index (χ1v) is 12.0. The Labute approximate surface area is 202 Å². The molecule has 0 atom stereocenters. The van der Waals surface area contributed by atoms with Crippen molar-refractivity contribution in [3.63, 3.8) is 0 Å². The molecular formula is C28H32ClN3O. The standard InChI is InChI=1S/C28H32ClN3O/c1-18-9-12-32(13-10-18)27(33)21-6-7-23(24(29)15-21)25-16-22(14-19(2)31-25)20-8-11-30-26(17-20)28(3,4)5/h6-8,11,14-18H,9-10,12-13H2,1-5H3. The minimum absolute atomic E-state index is 0.0288. The van der Waals surface area contributed by atoms with E-state index in [1.54, 1.807) is 6.07 Å². The second kappa shape index (κ2) is 9.26. The summed E-state index contributed by atoms with van der Waals surface area (Å²) in [6.45, 7) is 12.3. The summed E-state index contributed by atoms with van der Waals surface area (Å²) in [6, 6.07) is 13.9. The Morgan fingerprint density at radius 1 is 1.03 bits per heavy atom. The summed E-state index contributed by atoms with van der Waals surface area (Å²) in [5.74, 6) is 0.737. The molecule has 5 heteroatoms. The van der Waals surface area contributed by atoms with Crippen LogP contribution in [0.4, 0.5) is 0 Å². The molecule has 1 saturated heterocycles. The number of pyridine rings is 2. The third-order valence-electron chi connectivity index (χ3n) is 6.38. The van der Waals surface area contributed by atoms with Gasteiger partial charge in [0.2, 0.25) is 0 Å². The monoisotopic (exact) mass is 461 g/mol. The van der Waals surface area contributed by atoms with E-state index in [0.29, 0.717) is 16.5 Å². The van der Waals surface area contributed by atoms with Gasteiger partial charge < -0.3 is 4.90 Å². The van der Waals surface area contributed by atoms with Crippen LogP contribution >= 0.6 is 11.6 Å². The molecule has 0 unspecified atom stereocenters. The maximum Gasteiger partial charge on any atom is 0.253 e. The van der Waals surface area contributed by atoms with Crippen LogP contribution in [0, 0.1) is 12.8 Å². The van der Waals surface area contributed by atoms with Gasteiger partial charge in [-0.1, -0.05) is 45.4 Å². The van der Waals surface area contributed by atoms with Gasteiger partial charge in [-0.25, -0.2) is 0 Å². The van der Waals surface area contributed by atoms with Crippen LogP contribution in [0.1, 0.15) is 62.3 Å². The normalized spacial score (nSPS) is 15.0. The van der Waals surface area contributed by atoms with Crippen molar-refractivity contribution in [1.82, 2.24) is 14.9 Å². The third-order valence-corrected chi connectivity index (χ3v) is 6.69. The first-order valence-electron chi connectivity index (χ1n) is 11.7. The molecule has 1 aliphatic heterocycles. The molecule has 33 heavy (non-hydrogen) atoms. The Hall–Kier alpha value is -2.72. The molecule has 0 spiro atoms. The van der Waals surface area contributed by atoms with Gasteiger partial charge in [0.15, 0.2) is 0 Å². The highest BCUT2D eigenvalue weighted by Gasteiger charge is 2.22. The van der Waals surface area contributed by atoms with E-state index in [-0.39, 0.29) is 11.3 Å². The van der Waals surface area contributed by atoms with E-state index in [0.717, 1.165) is 59.7 Å². The smallest absolute Gasteiger partial charge is 0.253 e. The molecule has 1 aromatic carbocycles. The Morgan fingerprint density at radius 3 is 2.42 bits per heavy atom. The van der Waals surface area contributed by atoms with Gasteiger partial charge in [-0.3, -0.25) is 14.8 Å². The number of carbonyl (C=O) groups is 1. The molecule has 1 aliphatic rings. The van der Waals surface area contributed by atoms with Crippen molar-refractivity contribution in [1.29, 1.82) is 0 Å². The lowest BCUT2D eigenvalue weighted by atomic mass is 9.90. The van der Waals surface area contributed by atoms with Crippen molar-refractivity contribution in [3.05, 3.63) is 70.6 Å². The lowest BCUT2D eigenvalue weighted by molar-refractivity contribution is 0.0697. The van der Waals surface area contributed by atoms with Crippen LogP contribution in [-0.4, -0.2) is 33.9 Å². The van der Waals surface area contributed by atoms with E-state index in [9.17, 15) is 4.79 Å². The molecule has 4 nitrogen and oxygen atoms in total. The SMILES string of the molecule is Cc1cc(-c2ccnc(C(C)(C)C)c2)cc(-c2ccc(C(=O)N3CCC(C)CC3)cc2Cl)n1. The fourth-order valence-electron chi connectivity index (χ4n) is 4.24. The average Bonchev–Trinajstić information content (AvgIpc) is 2.78. The molecule has 172 valence electrons. The number of aromatic nitrogens is 2. The van der Waals surface area contributed by atoms with Crippen LogP contribution in [0.15, 0.2) is 48.7 Å². The summed E-state index contributed by atoms with van der Waals surface area (Å²) in [5.41, 5.74) is 6.37. The first kappa shape index (κ1) is 23.4. The fourth-order valence-corrected chi connectivity index (χ4v) is 4.52. The molecule has 0 radical (unpaired) electrons. The highest BCUT2D eigenvalue weighted by atomic mass is 35.5. The lowest BCUT2D eigenvalue weighted by Crippen LogP contribution is -2.37. The van der Waals surface area contributed by atoms with Crippen LogP contribution in [0.25, 0.3) is 22.4 Å². The zero-order valence-electron chi connectivity index (χ0n) is 20.2. The summed E-state index contributed by atoms with van der Waals surface area (Å²) in [6.07, 6.45) is 3.97. The molecular weight excluding hydrogens is 430 g/mol. The predicted octanol–water partition coefficient (Wildman–Crippen LogP) is 6.94. The lowest BCUT2D eigenvalue weighted by Gasteiger charge is -2.30. The van der Waals surface area contributed by atoms with Crippen LogP contribution in [0.3, 0.4) is 0 Å². The molecule has 0 aliphatic carbocycles. The van der Waals surface area contributed by atoms with Crippen molar-refractivity contribution in [2.24, 2.45) is 5.92 Å². The summed E-state index contributed by atoms with van der Waals surface area (Å²) in [4.78, 5) is 24.2. The van der Waals surface area contributed by atoms with Crippen molar-refractivity contribution in [2.45, 2.75) is 52.9 Å². The summed E-state index contributed by atoms with van der Waals surface area (Å²) >= 11 is 6.69. The number of likely N-dealkylation sites (tertiary alicyclic amines) is 1. The predicted molar refractivity (Wildman–Crippen MR) is 136 cm³/mol. The number of nitrogens with zero attached hydrogens (tertiary/aromatic N) is 3. The average molecular weight is 462 g/mol. The summed E-state index contributed by atoms with van der Waals surface area (Å²) < 4.78 is 0. The van der Waals surface area contributed by atoms with Crippen molar-refractivity contribution < 1.29 is 4.79 Å². The van der Waals surface area contributed by atoms with Gasteiger partial charge >= 0.3 is 0 Å². The Morgan fingerprint density at radius 2 is 1.76 bits per heavy atom. The first-order chi connectivity index (χ1) is 15.6. The quantitative estimate of drug-likeness (QED) is 0.424. The zero-order chi connectivity index (χ0) is 23.8. The van der Waals surface area contributed by atoms with Gasteiger partial charge in [0, 0.05) is 47.2 Å². The number of piperidine rings is 1. The van der Waals surface area contributed by atoms with Crippen molar-refractivity contribution >= 4 is 17.5 Å². The van der Waals surface area contributed by atoms with E-state index in [1.165, 1.54) is 0 Å². The van der Waals surface area contributed by atoms with E-state index >= 15 is 0 Å². The summed E-state index contributed by atoms with van der Waals surface area (Å²) in [7, 11) is 0. The number of carbonyl (C=O) groups excluding carboxylic acids is 1. The Kier molecular flexibility index (Phi) is 6.58. The van der Waals surface area contributed by atoms with Crippen LogP contribution in [0.5, 0.6) is 0 Å². The van der Waals surface area contributed by atoms with Gasteiger partial charge in [0.25, 0.3) is 5.91 Å². The minimum Gasteiger partial charge on any atom is -0.339 e. The maximum atomic E-state index is 13.0. The second-order valence-corrected chi connectivity index (χ2v) is 10.6. The third kappa shape index (κ3) is 5.27. The van der Waals surface area contributed by atoms with E-state index in [1.807, 2.05) is 36.2 Å². The number of hydrogen-bond donors (Lipinski definition) is 0. The minimum atomic E-state index is -0.0288. The van der Waals surface area contributed by atoms with Gasteiger partial charge in [-0.15, -0.1) is 0 Å². The van der Waals surface area contributed by atoms with Gasteiger partial charge in [0.05, 0.1) is 10.7 Å². The highest BCUT2D eigenvalue weighted by molar-refractivity contribution is 6.33. The van der Waals surface area contributed by atoms with Gasteiger partial charge in [-0.2, -0.15) is 0 Å². The molecule has 4 rings (SSSR count). The maximum absolute atomic E-state index is 13.0. The molecule has 0 bridgehead atoms. The molecule has 3 heterocycles. The molecule has 3 aromatic rings. The number of rotatable bonds is 3. The fraction of sp³-hybridized carbons (Fsp3) is 0.393. The number of aryl methyl sites for hydroxylation is 1. The Bertz CT molecular complexity index is 1170. The highest BCUT2D eigenvalue weighted by Crippen LogP contribution is 2.33. The number of halogens is 1. The molecule has 1 amide bonds. The van der Waals surface area contributed by atoms with E-state index in [2.05, 4.69) is 50.9 Å². The number of amides is 1. The van der Waals surface area contributed by atoms with Gasteiger partial charge in [-0.05, 0) is 73.2 Å². The summed E-state index contributed by atoms with van der Waals surface area (Å²) in [5, 5.41) is 0.542. The largest absolute Gasteiger partial charge is 0.339 e. The second-order valence-electron chi connectivity index (χ2n) is 10.2. The number of benzene rings is 1. The van der Waals surface area contributed by atoms with Crippen molar-refractivity contribution in [2.75, 3.05) is 13.1 Å². The van der Waals surface area contributed by atoms with Gasteiger partial charge in [0.1, 0.15) is 0 Å². The van der Waals surface area contributed by atoms with Crippen LogP contribution in [0.2, 0.25) is 5.02 Å². The molecule has 2 aromatic heterocycles. The number of hydrogen-bond acceptors (Lipinski definition) is 3.